The highest BCUT2D eigenvalue weighted by atomic mass is 16.4. The van der Waals surface area contributed by atoms with Crippen LogP contribution < -0.4 is 0 Å². The fourth-order valence-electron chi connectivity index (χ4n) is 3.47. The molecule has 1 saturated heterocycles. The quantitative estimate of drug-likeness (QED) is 0.829. The highest BCUT2D eigenvalue weighted by molar-refractivity contribution is 6.21. The molecule has 1 aromatic rings. The van der Waals surface area contributed by atoms with Gasteiger partial charge in [0.05, 0.1) is 17.0 Å². The number of ketones is 1. The van der Waals surface area contributed by atoms with Gasteiger partial charge >= 0.3 is 6.09 Å². The molecule has 0 radical (unpaired) electrons. The van der Waals surface area contributed by atoms with Crippen molar-refractivity contribution in [3.8, 4) is 0 Å². The third-order valence-corrected chi connectivity index (χ3v) is 4.90. The summed E-state index contributed by atoms with van der Waals surface area (Å²) in [5.41, 5.74) is 0.642. The van der Waals surface area contributed by atoms with Crippen LogP contribution in [0.1, 0.15) is 34.6 Å². The first kappa shape index (κ1) is 16.2. The summed E-state index contributed by atoms with van der Waals surface area (Å²) in [5.74, 6) is -2.16. The summed E-state index contributed by atoms with van der Waals surface area (Å²) in [6, 6.07) is 5.92. The molecule has 3 rings (SSSR count). The minimum absolute atomic E-state index is 0.0968. The summed E-state index contributed by atoms with van der Waals surface area (Å²) in [6.07, 6.45) is -1.10. The zero-order chi connectivity index (χ0) is 17.6. The van der Waals surface area contributed by atoms with Gasteiger partial charge in [-0.15, -0.1) is 0 Å². The van der Waals surface area contributed by atoms with Crippen molar-refractivity contribution in [3.05, 3.63) is 35.4 Å². The molecule has 1 aromatic carbocycles. The molecule has 0 saturated carbocycles. The van der Waals surface area contributed by atoms with Crippen LogP contribution >= 0.6 is 0 Å². The summed E-state index contributed by atoms with van der Waals surface area (Å²) in [7, 11) is 0. The van der Waals surface area contributed by atoms with Crippen LogP contribution in [-0.4, -0.2) is 57.7 Å². The number of likely N-dealkylation sites (tertiary alicyclic amines) is 1. The van der Waals surface area contributed by atoms with Crippen LogP contribution in [0.5, 0.6) is 0 Å². The van der Waals surface area contributed by atoms with Crippen LogP contribution in [0.3, 0.4) is 0 Å². The molecule has 0 aromatic heterocycles. The number of hydrogen-bond donors (Lipinski definition) is 1. The van der Waals surface area contributed by atoms with Crippen LogP contribution in [0.4, 0.5) is 4.79 Å². The second-order valence-electron chi connectivity index (χ2n) is 6.35. The zero-order valence-corrected chi connectivity index (χ0v) is 13.4. The molecule has 24 heavy (non-hydrogen) atoms. The lowest BCUT2D eigenvalue weighted by molar-refractivity contribution is -0.132. The molecule has 3 atom stereocenters. The van der Waals surface area contributed by atoms with Crippen molar-refractivity contribution < 1.29 is 24.3 Å². The van der Waals surface area contributed by atoms with Gasteiger partial charge in [-0.05, 0) is 19.1 Å². The van der Waals surface area contributed by atoms with E-state index in [1.54, 1.807) is 38.1 Å². The average molecular weight is 330 g/mol. The highest BCUT2D eigenvalue weighted by Gasteiger charge is 2.45. The molecule has 126 valence electrons. The zero-order valence-electron chi connectivity index (χ0n) is 13.4. The third-order valence-electron chi connectivity index (χ3n) is 4.90. The van der Waals surface area contributed by atoms with Gasteiger partial charge in [0.1, 0.15) is 5.78 Å². The van der Waals surface area contributed by atoms with Gasteiger partial charge in [-0.25, -0.2) is 4.79 Å². The highest BCUT2D eigenvalue weighted by Crippen LogP contribution is 2.29. The topological polar surface area (TPSA) is 95.0 Å². The Hall–Kier alpha value is -2.70. The molecule has 7 heteroatoms. The van der Waals surface area contributed by atoms with E-state index in [1.165, 1.54) is 4.90 Å². The van der Waals surface area contributed by atoms with Gasteiger partial charge < -0.3 is 10.0 Å². The van der Waals surface area contributed by atoms with Crippen LogP contribution in [0, 0.1) is 11.8 Å². The molecule has 2 aliphatic heterocycles. The van der Waals surface area contributed by atoms with Crippen molar-refractivity contribution in [2.45, 2.75) is 19.9 Å². The van der Waals surface area contributed by atoms with Gasteiger partial charge in [-0.3, -0.25) is 19.3 Å². The molecular weight excluding hydrogens is 312 g/mol. The SMILES string of the molecule is C[C@H]1CN(C(=O)O)[C@@H](C)[C@H](CN2C(=O)c3ccccc3C2=O)C1=O. The van der Waals surface area contributed by atoms with Crippen LogP contribution in [0.25, 0.3) is 0 Å². The van der Waals surface area contributed by atoms with Gasteiger partial charge in [0.2, 0.25) is 0 Å². The number of hydrogen-bond acceptors (Lipinski definition) is 4. The van der Waals surface area contributed by atoms with E-state index >= 15 is 0 Å². The Balaban J connectivity index is 1.87. The van der Waals surface area contributed by atoms with Crippen LogP contribution in [-0.2, 0) is 4.79 Å². The maximum Gasteiger partial charge on any atom is 0.407 e. The molecule has 0 spiro atoms. The predicted octanol–water partition coefficient (Wildman–Crippen LogP) is 1.49. The van der Waals surface area contributed by atoms with Crippen molar-refractivity contribution in [2.24, 2.45) is 11.8 Å². The second kappa shape index (κ2) is 5.74. The standard InChI is InChI=1S/C17H18N2O5/c1-9-7-18(17(23)24)10(2)13(14(9)20)8-19-15(21)11-5-3-4-6-12(11)16(19)22/h3-6,9-10,13H,7-8H2,1-2H3,(H,23,24)/t9-,10-,13-/m0/s1. The Morgan fingerprint density at radius 3 is 2.17 bits per heavy atom. The number of rotatable bonds is 2. The first-order chi connectivity index (χ1) is 11.3. The number of benzene rings is 1. The maximum absolute atomic E-state index is 12.5. The van der Waals surface area contributed by atoms with Crippen LogP contribution in [0.2, 0.25) is 0 Å². The van der Waals surface area contributed by atoms with E-state index < -0.39 is 35.8 Å². The average Bonchev–Trinajstić information content (AvgIpc) is 2.79. The Labute approximate surface area is 138 Å². The van der Waals surface area contributed by atoms with Gasteiger partial charge in [0.25, 0.3) is 11.8 Å². The Morgan fingerprint density at radius 1 is 1.12 bits per heavy atom. The molecule has 3 amide bonds. The Morgan fingerprint density at radius 2 is 1.67 bits per heavy atom. The van der Waals surface area contributed by atoms with E-state index in [9.17, 15) is 24.3 Å². The Bertz CT molecular complexity index is 709. The third kappa shape index (κ3) is 2.36. The van der Waals surface area contributed by atoms with E-state index in [-0.39, 0.29) is 18.9 Å². The number of carbonyl (C=O) groups excluding carboxylic acids is 3. The number of Topliss-reactive ketones (excluding diaryl/α,β-unsaturated/α-hetero) is 1. The normalized spacial score (nSPS) is 26.8. The van der Waals surface area contributed by atoms with Crippen molar-refractivity contribution in [1.29, 1.82) is 0 Å². The number of piperidine rings is 1. The smallest absolute Gasteiger partial charge is 0.407 e. The van der Waals surface area contributed by atoms with Gasteiger partial charge in [-0.2, -0.15) is 0 Å². The van der Waals surface area contributed by atoms with E-state index in [0.29, 0.717) is 11.1 Å². The molecule has 0 unspecified atom stereocenters. The summed E-state index contributed by atoms with van der Waals surface area (Å²) in [4.78, 5) is 51.1. The van der Waals surface area contributed by atoms with E-state index in [1.807, 2.05) is 0 Å². The summed E-state index contributed by atoms with van der Waals surface area (Å²) in [5, 5.41) is 9.30. The number of fused-ring (bicyclic) bond motifs is 1. The first-order valence-electron chi connectivity index (χ1n) is 7.81. The number of carbonyl (C=O) groups is 4. The van der Waals surface area contributed by atoms with E-state index in [0.717, 1.165) is 4.90 Å². The molecule has 2 aliphatic rings. The van der Waals surface area contributed by atoms with Crippen molar-refractivity contribution in [3.63, 3.8) is 0 Å². The Kier molecular flexibility index (Phi) is 3.87. The number of nitrogens with zero attached hydrogens (tertiary/aromatic N) is 2. The van der Waals surface area contributed by atoms with E-state index in [4.69, 9.17) is 0 Å². The van der Waals surface area contributed by atoms with Crippen molar-refractivity contribution in [1.82, 2.24) is 9.80 Å². The number of amides is 3. The summed E-state index contributed by atoms with van der Waals surface area (Å²) < 4.78 is 0. The van der Waals surface area contributed by atoms with Crippen molar-refractivity contribution in [2.75, 3.05) is 13.1 Å². The van der Waals surface area contributed by atoms with E-state index in [2.05, 4.69) is 0 Å². The minimum Gasteiger partial charge on any atom is -0.465 e. The fourth-order valence-corrected chi connectivity index (χ4v) is 3.47. The molecule has 0 aliphatic carbocycles. The lowest BCUT2D eigenvalue weighted by Gasteiger charge is -2.40. The second-order valence-corrected chi connectivity index (χ2v) is 6.35. The van der Waals surface area contributed by atoms with Gasteiger partial charge in [-0.1, -0.05) is 19.1 Å². The molecular formula is C17H18N2O5. The molecule has 1 N–H and O–H groups in total. The van der Waals surface area contributed by atoms with Gasteiger partial charge in [0, 0.05) is 25.0 Å². The predicted molar refractivity (Wildman–Crippen MR) is 83.7 cm³/mol. The lowest BCUT2D eigenvalue weighted by atomic mass is 9.83. The monoisotopic (exact) mass is 330 g/mol. The lowest BCUT2D eigenvalue weighted by Crippen LogP contribution is -2.57. The summed E-state index contributed by atoms with van der Waals surface area (Å²) >= 11 is 0. The fraction of sp³-hybridized carbons (Fsp3) is 0.412. The minimum atomic E-state index is -1.10. The summed E-state index contributed by atoms with van der Waals surface area (Å²) in [6.45, 7) is 3.34. The first-order valence-corrected chi connectivity index (χ1v) is 7.81. The molecule has 1 fully saturated rings. The maximum atomic E-state index is 12.5. The van der Waals surface area contributed by atoms with Crippen molar-refractivity contribution >= 4 is 23.7 Å². The van der Waals surface area contributed by atoms with Gasteiger partial charge in [0.15, 0.2) is 0 Å². The number of imide groups is 1. The van der Waals surface area contributed by atoms with Crippen LogP contribution in [0.15, 0.2) is 24.3 Å². The molecule has 7 nitrogen and oxygen atoms in total. The molecule has 2 heterocycles. The largest absolute Gasteiger partial charge is 0.465 e. The number of carboxylic acid groups (broad SMARTS) is 1. The molecule has 0 bridgehead atoms.